The number of ether oxygens (including phenoxy) is 1. The molecule has 0 aromatic rings. The van der Waals surface area contributed by atoms with E-state index in [9.17, 15) is 17.6 Å². The van der Waals surface area contributed by atoms with E-state index < -0.39 is 24.2 Å². The van der Waals surface area contributed by atoms with E-state index in [1.54, 1.807) is 0 Å². The third-order valence-electron chi connectivity index (χ3n) is 7.47. The molecule has 0 N–H and O–H groups in total. The molecular weight excluding hydrogens is 368 g/mol. The molecule has 0 heterocycles. The summed E-state index contributed by atoms with van der Waals surface area (Å²) in [5, 5.41) is 0. The topological polar surface area (TPSA) is 9.23 Å². The van der Waals surface area contributed by atoms with Crippen LogP contribution in [-0.4, -0.2) is 18.4 Å². The lowest BCUT2D eigenvalue weighted by Gasteiger charge is -2.37. The van der Waals surface area contributed by atoms with Crippen molar-refractivity contribution in [3.05, 3.63) is 23.6 Å². The minimum Gasteiger partial charge on any atom is -0.306 e. The third kappa shape index (κ3) is 5.20. The molecule has 0 radical (unpaired) electrons. The van der Waals surface area contributed by atoms with E-state index in [4.69, 9.17) is 0 Å². The fraction of sp³-hybridized carbons (Fsp3) is 0.826. The smallest absolute Gasteiger partial charge is 0.306 e. The number of hydrogen-bond acceptors (Lipinski definition) is 1. The lowest BCUT2D eigenvalue weighted by Crippen LogP contribution is -2.42. The van der Waals surface area contributed by atoms with Crippen molar-refractivity contribution in [3.8, 4) is 0 Å². The van der Waals surface area contributed by atoms with E-state index >= 15 is 0 Å². The zero-order chi connectivity index (χ0) is 20.3. The van der Waals surface area contributed by atoms with Crippen molar-refractivity contribution in [3.63, 3.8) is 0 Å². The minimum atomic E-state index is -3.21. The Balaban J connectivity index is 1.45. The fourth-order valence-electron chi connectivity index (χ4n) is 5.37. The van der Waals surface area contributed by atoms with Gasteiger partial charge in [-0.25, -0.2) is 8.78 Å². The molecule has 0 saturated heterocycles. The summed E-state index contributed by atoms with van der Waals surface area (Å²) in [5.74, 6) is 2.29. The van der Waals surface area contributed by atoms with Crippen molar-refractivity contribution in [2.75, 3.05) is 0 Å². The molecule has 1 unspecified atom stereocenters. The summed E-state index contributed by atoms with van der Waals surface area (Å²) < 4.78 is 57.8. The van der Waals surface area contributed by atoms with Crippen LogP contribution in [0.25, 0.3) is 0 Å². The molecule has 2 saturated carbocycles. The Morgan fingerprint density at radius 3 is 2.14 bits per heavy atom. The van der Waals surface area contributed by atoms with Crippen LogP contribution < -0.4 is 0 Å². The number of hydrogen-bond donors (Lipinski definition) is 0. The molecule has 0 aromatic heterocycles. The summed E-state index contributed by atoms with van der Waals surface area (Å²) in [5.41, 5.74) is -1.66. The summed E-state index contributed by atoms with van der Waals surface area (Å²) in [6.07, 6.45) is 12.5. The molecule has 0 aromatic carbocycles. The van der Waals surface area contributed by atoms with Gasteiger partial charge in [-0.15, -0.1) is 0 Å². The zero-order valence-corrected chi connectivity index (χ0v) is 17.1. The predicted molar refractivity (Wildman–Crippen MR) is 103 cm³/mol. The highest BCUT2D eigenvalue weighted by atomic mass is 19.3. The predicted octanol–water partition coefficient (Wildman–Crippen LogP) is 7.53. The molecule has 0 amide bonds. The molecule has 3 aliphatic rings. The Labute approximate surface area is 166 Å². The van der Waals surface area contributed by atoms with E-state index in [2.05, 4.69) is 11.7 Å². The first-order chi connectivity index (χ1) is 13.3. The Bertz CT molecular complexity index is 571. The van der Waals surface area contributed by atoms with Crippen molar-refractivity contribution in [2.24, 2.45) is 23.7 Å². The summed E-state index contributed by atoms with van der Waals surface area (Å²) in [6.45, 7) is 0.185. The summed E-state index contributed by atoms with van der Waals surface area (Å²) in [7, 11) is 0. The summed E-state index contributed by atoms with van der Waals surface area (Å²) in [4.78, 5) is 0. The number of halogens is 4. The van der Waals surface area contributed by atoms with Gasteiger partial charge >= 0.3 is 6.61 Å². The lowest BCUT2D eigenvalue weighted by molar-refractivity contribution is -0.209. The van der Waals surface area contributed by atoms with E-state index in [1.807, 2.05) is 0 Å². The standard InChI is InChI=1S/C23H34F4O/c1-15-3-9-18(10-4-15)19-11-7-16(8-12-19)5-6-17-13-20(24)23(2,21(25)14-17)28-22(26)27/h13-16,18-20,22H,3-12H2,1-2H3/t15?,16?,18?,19?,20-,23?/m0/s1. The number of allylic oxidation sites excluding steroid dienone is 2. The molecule has 0 spiro atoms. The van der Waals surface area contributed by atoms with Crippen LogP contribution in [0.3, 0.4) is 0 Å². The van der Waals surface area contributed by atoms with Gasteiger partial charge in [-0.3, -0.25) is 0 Å². The van der Waals surface area contributed by atoms with Crippen LogP contribution in [0.4, 0.5) is 17.6 Å². The Hall–Kier alpha value is -0.840. The monoisotopic (exact) mass is 402 g/mol. The second kappa shape index (κ2) is 9.32. The van der Waals surface area contributed by atoms with Crippen LogP contribution in [0.2, 0.25) is 0 Å². The van der Waals surface area contributed by atoms with Gasteiger partial charge in [-0.05, 0) is 86.8 Å². The second-order valence-corrected chi connectivity index (χ2v) is 9.46. The normalized spacial score (nSPS) is 39.6. The molecule has 3 rings (SSSR count). The first-order valence-corrected chi connectivity index (χ1v) is 11.0. The second-order valence-electron chi connectivity index (χ2n) is 9.46. The average molecular weight is 403 g/mol. The van der Waals surface area contributed by atoms with Crippen molar-refractivity contribution in [1.29, 1.82) is 0 Å². The number of alkyl halides is 3. The quantitative estimate of drug-likeness (QED) is 0.417. The minimum absolute atomic E-state index is 0.559. The highest BCUT2D eigenvalue weighted by molar-refractivity contribution is 5.34. The highest BCUT2D eigenvalue weighted by Crippen LogP contribution is 2.43. The van der Waals surface area contributed by atoms with Gasteiger partial charge in [0.05, 0.1) is 0 Å². The van der Waals surface area contributed by atoms with Crippen molar-refractivity contribution < 1.29 is 22.3 Å². The van der Waals surface area contributed by atoms with Crippen LogP contribution in [0, 0.1) is 23.7 Å². The maximum Gasteiger partial charge on any atom is 0.346 e. The molecule has 2 atom stereocenters. The van der Waals surface area contributed by atoms with Crippen molar-refractivity contribution >= 4 is 0 Å². The van der Waals surface area contributed by atoms with Gasteiger partial charge in [-0.2, -0.15) is 8.78 Å². The summed E-state index contributed by atoms with van der Waals surface area (Å²) in [6, 6.07) is 0. The van der Waals surface area contributed by atoms with E-state index in [0.29, 0.717) is 17.9 Å². The molecule has 2 fully saturated rings. The van der Waals surface area contributed by atoms with Crippen LogP contribution in [0.1, 0.15) is 78.1 Å². The SMILES string of the molecule is CC1CCC(C2CCC(CCC3=C[C@H](F)C(C)(OC(F)F)C(F)=C3)CC2)CC1. The molecular formula is C23H34F4O. The zero-order valence-electron chi connectivity index (χ0n) is 17.1. The summed E-state index contributed by atoms with van der Waals surface area (Å²) >= 11 is 0. The van der Waals surface area contributed by atoms with Crippen molar-refractivity contribution in [1.82, 2.24) is 0 Å². The van der Waals surface area contributed by atoms with Crippen LogP contribution in [0.5, 0.6) is 0 Å². The molecule has 0 aliphatic heterocycles. The van der Waals surface area contributed by atoms with Gasteiger partial charge in [0.2, 0.25) is 0 Å². The Morgan fingerprint density at radius 2 is 1.61 bits per heavy atom. The highest BCUT2D eigenvalue weighted by Gasteiger charge is 2.44. The Kier molecular flexibility index (Phi) is 7.27. The average Bonchev–Trinajstić information content (AvgIpc) is 2.65. The maximum atomic E-state index is 14.3. The molecule has 5 heteroatoms. The van der Waals surface area contributed by atoms with Gasteiger partial charge in [-0.1, -0.05) is 32.6 Å². The van der Waals surface area contributed by atoms with Crippen LogP contribution in [-0.2, 0) is 4.74 Å². The van der Waals surface area contributed by atoms with Crippen LogP contribution in [0.15, 0.2) is 23.6 Å². The van der Waals surface area contributed by atoms with Gasteiger partial charge < -0.3 is 4.74 Å². The van der Waals surface area contributed by atoms with Gasteiger partial charge in [0.15, 0.2) is 11.8 Å². The first kappa shape index (κ1) is 21.9. The van der Waals surface area contributed by atoms with Crippen LogP contribution >= 0.6 is 0 Å². The van der Waals surface area contributed by atoms with E-state index in [0.717, 1.165) is 31.1 Å². The Morgan fingerprint density at radius 1 is 1.04 bits per heavy atom. The first-order valence-electron chi connectivity index (χ1n) is 11.0. The molecule has 1 nitrogen and oxygen atoms in total. The molecule has 0 bridgehead atoms. The maximum absolute atomic E-state index is 14.3. The molecule has 3 aliphatic carbocycles. The fourth-order valence-corrected chi connectivity index (χ4v) is 5.37. The lowest BCUT2D eigenvalue weighted by atomic mass is 9.69. The van der Waals surface area contributed by atoms with Gasteiger partial charge in [0.1, 0.15) is 5.83 Å². The third-order valence-corrected chi connectivity index (χ3v) is 7.47. The molecule has 28 heavy (non-hydrogen) atoms. The largest absolute Gasteiger partial charge is 0.346 e. The van der Waals surface area contributed by atoms with E-state index in [1.165, 1.54) is 63.5 Å². The van der Waals surface area contributed by atoms with Gasteiger partial charge in [0, 0.05) is 0 Å². The molecule has 160 valence electrons. The number of rotatable bonds is 6. The van der Waals surface area contributed by atoms with E-state index in [-0.39, 0.29) is 0 Å². The van der Waals surface area contributed by atoms with Gasteiger partial charge in [0.25, 0.3) is 0 Å². The van der Waals surface area contributed by atoms with Crippen molar-refractivity contribution in [2.45, 2.75) is 96.4 Å².